The zero-order valence-electron chi connectivity index (χ0n) is 22.8. The van der Waals surface area contributed by atoms with Gasteiger partial charge in [-0.3, -0.25) is 33.7 Å². The lowest BCUT2D eigenvalue weighted by molar-refractivity contribution is -0.136. The molecular weight excluding hydrogens is 568 g/mol. The molecule has 3 N–H and O–H groups in total. The topological polar surface area (TPSA) is 128 Å². The summed E-state index contributed by atoms with van der Waals surface area (Å²) < 4.78 is 52.0. The molecule has 42 heavy (non-hydrogen) atoms. The summed E-state index contributed by atoms with van der Waals surface area (Å²) in [5, 5.41) is 3.12. The highest BCUT2D eigenvalue weighted by Gasteiger charge is 2.41. The largest absolute Gasteiger partial charge is 0.326 e. The normalized spacial score (nSPS) is 24.1. The lowest BCUT2D eigenvalue weighted by Gasteiger charge is -2.47. The molecule has 1 atom stereocenters. The fourth-order valence-electron chi connectivity index (χ4n) is 6.59. The summed E-state index contributed by atoms with van der Waals surface area (Å²) in [5.74, 6) is -1.54. The Morgan fingerprint density at radius 1 is 1.05 bits per heavy atom. The first-order valence-electron chi connectivity index (χ1n) is 14.1. The second-order valence-electron chi connectivity index (χ2n) is 11.7. The number of nitrogens with one attached hydrogen (secondary N) is 1. The third kappa shape index (κ3) is 4.68. The van der Waals surface area contributed by atoms with E-state index in [0.717, 1.165) is 10.9 Å². The van der Waals surface area contributed by atoms with Gasteiger partial charge < -0.3 is 9.47 Å². The summed E-state index contributed by atoms with van der Waals surface area (Å²) in [6.07, 6.45) is 2.27. The average Bonchev–Trinajstić information content (AvgIpc) is 3.50. The number of halogens is 2. The SMILES string of the molecule is O=C1CCC(N2Cc3c(ccc(-c4cc(CN5CCC(F)CC5)c5ccn(C6CS(O)(O)C6)c5n4)c3F)C2=O)C(=O)N1. The molecule has 0 spiro atoms. The van der Waals surface area contributed by atoms with Gasteiger partial charge in [0.1, 0.15) is 23.7 Å². The molecule has 10 nitrogen and oxygen atoms in total. The zero-order valence-corrected chi connectivity index (χ0v) is 23.6. The van der Waals surface area contributed by atoms with Crippen LogP contribution in [0.15, 0.2) is 30.5 Å². The Balaban J connectivity index is 1.26. The Kier molecular flexibility index (Phi) is 6.61. The number of fused-ring (bicyclic) bond motifs is 2. The molecule has 7 rings (SSSR count). The number of imide groups is 1. The third-order valence-corrected chi connectivity index (χ3v) is 10.8. The van der Waals surface area contributed by atoms with Gasteiger partial charge in [0.2, 0.25) is 11.8 Å². The second-order valence-corrected chi connectivity index (χ2v) is 14.0. The molecule has 3 saturated heterocycles. The molecule has 2 aromatic heterocycles. The molecule has 6 heterocycles. The van der Waals surface area contributed by atoms with Crippen molar-refractivity contribution in [1.29, 1.82) is 0 Å². The van der Waals surface area contributed by atoms with E-state index in [2.05, 4.69) is 10.2 Å². The van der Waals surface area contributed by atoms with E-state index in [1.807, 2.05) is 22.9 Å². The van der Waals surface area contributed by atoms with Crippen LogP contribution in [-0.2, 0) is 22.7 Å². The average molecular weight is 600 g/mol. The summed E-state index contributed by atoms with van der Waals surface area (Å²) in [5.41, 5.74) is 2.44. The summed E-state index contributed by atoms with van der Waals surface area (Å²) in [6, 6.07) is 5.86. The van der Waals surface area contributed by atoms with Gasteiger partial charge in [0.05, 0.1) is 29.8 Å². The highest BCUT2D eigenvalue weighted by molar-refractivity contribution is 8.25. The predicted octanol–water partition coefficient (Wildman–Crippen LogP) is 3.84. The van der Waals surface area contributed by atoms with Crippen LogP contribution < -0.4 is 5.32 Å². The molecule has 222 valence electrons. The van der Waals surface area contributed by atoms with Gasteiger partial charge in [-0.15, -0.1) is 0 Å². The smallest absolute Gasteiger partial charge is 0.255 e. The van der Waals surface area contributed by atoms with Crippen molar-refractivity contribution in [2.45, 2.75) is 57.0 Å². The van der Waals surface area contributed by atoms with E-state index in [1.54, 1.807) is 6.07 Å². The molecule has 0 bridgehead atoms. The number of benzene rings is 1. The number of piperidine rings is 2. The molecule has 3 amide bonds. The maximum absolute atomic E-state index is 16.2. The van der Waals surface area contributed by atoms with Gasteiger partial charge in [-0.05, 0) is 49.1 Å². The minimum absolute atomic E-state index is 0.0935. The Bertz CT molecular complexity index is 1630. The molecule has 3 aromatic rings. The molecule has 4 aliphatic rings. The molecular formula is C29H31F2N5O5S. The zero-order chi connectivity index (χ0) is 29.3. The van der Waals surface area contributed by atoms with Crippen LogP contribution in [0.5, 0.6) is 0 Å². The maximum atomic E-state index is 16.2. The van der Waals surface area contributed by atoms with Gasteiger partial charge >= 0.3 is 0 Å². The number of nitrogens with zero attached hydrogens (tertiary/aromatic N) is 4. The Hall–Kier alpha value is -3.39. The maximum Gasteiger partial charge on any atom is 0.255 e. The summed E-state index contributed by atoms with van der Waals surface area (Å²) in [7, 11) is -2.60. The number of carbonyl (C=O) groups excluding carboxylic acids is 3. The van der Waals surface area contributed by atoms with Crippen molar-refractivity contribution < 1.29 is 32.3 Å². The number of carbonyl (C=O) groups is 3. The van der Waals surface area contributed by atoms with Crippen molar-refractivity contribution in [2.75, 3.05) is 24.6 Å². The highest BCUT2D eigenvalue weighted by Crippen LogP contribution is 2.54. The second kappa shape index (κ2) is 10.1. The summed E-state index contributed by atoms with van der Waals surface area (Å²) >= 11 is 0. The number of amides is 3. The first-order valence-corrected chi connectivity index (χ1v) is 16.0. The molecule has 13 heteroatoms. The number of aromatic nitrogens is 2. The predicted molar refractivity (Wildman–Crippen MR) is 152 cm³/mol. The first-order chi connectivity index (χ1) is 20.1. The lowest BCUT2D eigenvalue weighted by Crippen LogP contribution is -2.52. The molecule has 0 saturated carbocycles. The number of alkyl halides is 1. The molecule has 0 radical (unpaired) electrons. The highest BCUT2D eigenvalue weighted by atomic mass is 32.3. The van der Waals surface area contributed by atoms with Gasteiger partial charge in [0, 0.05) is 54.3 Å². The fourth-order valence-corrected chi connectivity index (χ4v) is 8.05. The first kappa shape index (κ1) is 27.4. The molecule has 1 unspecified atom stereocenters. The van der Waals surface area contributed by atoms with E-state index in [9.17, 15) is 27.9 Å². The lowest BCUT2D eigenvalue weighted by atomic mass is 10.00. The van der Waals surface area contributed by atoms with Crippen LogP contribution in [0.1, 0.15) is 53.2 Å². The molecule has 0 aliphatic carbocycles. The van der Waals surface area contributed by atoms with Crippen molar-refractivity contribution in [3.8, 4) is 11.3 Å². The van der Waals surface area contributed by atoms with Gasteiger partial charge in [0.15, 0.2) is 0 Å². The Morgan fingerprint density at radius 3 is 2.50 bits per heavy atom. The van der Waals surface area contributed by atoms with E-state index in [0.29, 0.717) is 43.8 Å². The van der Waals surface area contributed by atoms with Crippen LogP contribution in [0, 0.1) is 5.82 Å². The van der Waals surface area contributed by atoms with E-state index in [4.69, 9.17) is 4.98 Å². The third-order valence-electron chi connectivity index (χ3n) is 8.92. The van der Waals surface area contributed by atoms with E-state index >= 15 is 4.39 Å². The molecule has 1 aromatic carbocycles. The van der Waals surface area contributed by atoms with Crippen LogP contribution in [0.25, 0.3) is 22.3 Å². The monoisotopic (exact) mass is 599 g/mol. The Morgan fingerprint density at radius 2 is 1.79 bits per heavy atom. The van der Waals surface area contributed by atoms with Crippen LogP contribution in [0.3, 0.4) is 0 Å². The minimum atomic E-state index is -2.60. The van der Waals surface area contributed by atoms with E-state index in [1.165, 1.54) is 11.0 Å². The van der Waals surface area contributed by atoms with E-state index in [-0.39, 0.29) is 53.6 Å². The van der Waals surface area contributed by atoms with Crippen LogP contribution in [-0.4, -0.2) is 83.0 Å². The summed E-state index contributed by atoms with van der Waals surface area (Å²) in [6.45, 7) is 1.65. The Labute approximate surface area is 242 Å². The summed E-state index contributed by atoms with van der Waals surface area (Å²) in [4.78, 5) is 45.6. The minimum Gasteiger partial charge on any atom is -0.326 e. The number of hydrogen-bond acceptors (Lipinski definition) is 7. The number of likely N-dealkylation sites (tertiary alicyclic amines) is 1. The fraction of sp³-hybridized carbons (Fsp3) is 0.448. The van der Waals surface area contributed by atoms with Crippen LogP contribution in [0.4, 0.5) is 8.78 Å². The van der Waals surface area contributed by atoms with Gasteiger partial charge in [-0.1, -0.05) is 0 Å². The van der Waals surface area contributed by atoms with Crippen molar-refractivity contribution in [1.82, 2.24) is 24.7 Å². The standard InChI is InChI=1S/C29H31F2N5O5S/c30-17-5-8-34(9-6-17)12-16-11-23(32-27-19(16)7-10-35(27)18-14-42(40,41)15-18)21-2-1-20-22(26(21)31)13-36(29(20)39)24-3-4-25(37)33-28(24)38/h1-2,7,10-11,17-18,24,40-41H,3-6,8-9,12-15H2,(H,33,37,38). The molecule has 3 fully saturated rings. The van der Waals surface area contributed by atoms with E-state index < -0.39 is 46.3 Å². The van der Waals surface area contributed by atoms with Crippen molar-refractivity contribution in [2.24, 2.45) is 0 Å². The number of hydrogen-bond donors (Lipinski definition) is 3. The van der Waals surface area contributed by atoms with Crippen molar-refractivity contribution in [3.05, 3.63) is 53.0 Å². The van der Waals surface area contributed by atoms with Gasteiger partial charge in [-0.25, -0.2) is 13.8 Å². The molecule has 4 aliphatic heterocycles. The number of rotatable bonds is 5. The van der Waals surface area contributed by atoms with Gasteiger partial charge in [-0.2, -0.15) is 10.6 Å². The quantitative estimate of drug-likeness (QED) is 0.380. The van der Waals surface area contributed by atoms with Crippen LogP contribution >= 0.6 is 10.6 Å². The van der Waals surface area contributed by atoms with Crippen LogP contribution in [0.2, 0.25) is 0 Å². The van der Waals surface area contributed by atoms with Gasteiger partial charge in [0.25, 0.3) is 5.91 Å². The van der Waals surface area contributed by atoms with Crippen molar-refractivity contribution in [3.63, 3.8) is 0 Å². The number of pyridine rings is 1. The van der Waals surface area contributed by atoms with Crippen molar-refractivity contribution >= 4 is 39.3 Å².